The molecule has 0 fully saturated rings. The minimum absolute atomic E-state index is 0.313. The number of carbonyl (C=O) groups excluding carboxylic acids is 2. The standard InChI is InChI=1S/C15H18O5/c1-2-14(16)18-11-7-4-8-12-19-20-15(17)13-9-5-3-6-10-13/h2-3,5-6,9-10H,1,4,7-8,11-12H2. The third kappa shape index (κ3) is 6.70. The molecule has 0 heterocycles. The second-order valence-corrected chi connectivity index (χ2v) is 3.99. The van der Waals surface area contributed by atoms with Crippen molar-refractivity contribution in [3.8, 4) is 0 Å². The quantitative estimate of drug-likeness (QED) is 0.228. The highest BCUT2D eigenvalue weighted by molar-refractivity contribution is 5.88. The third-order valence-electron chi connectivity index (χ3n) is 2.43. The van der Waals surface area contributed by atoms with Crippen LogP contribution in [0.15, 0.2) is 43.0 Å². The molecule has 5 heteroatoms. The zero-order valence-electron chi connectivity index (χ0n) is 11.2. The lowest BCUT2D eigenvalue weighted by molar-refractivity contribution is -0.241. The molecule has 0 atom stereocenters. The Morgan fingerprint density at radius 2 is 1.75 bits per heavy atom. The Labute approximate surface area is 118 Å². The topological polar surface area (TPSA) is 61.8 Å². The molecule has 0 N–H and O–H groups in total. The van der Waals surface area contributed by atoms with Crippen LogP contribution in [0.25, 0.3) is 0 Å². The number of rotatable bonds is 9. The van der Waals surface area contributed by atoms with Crippen molar-refractivity contribution in [3.05, 3.63) is 48.6 Å². The van der Waals surface area contributed by atoms with Crippen molar-refractivity contribution in [3.63, 3.8) is 0 Å². The molecule has 1 rings (SSSR count). The SMILES string of the molecule is C=CC(=O)OCCCCCOOC(=O)c1ccccc1. The fraction of sp³-hybridized carbons (Fsp3) is 0.333. The number of unbranched alkanes of at least 4 members (excludes halogenated alkanes) is 2. The molecule has 0 saturated carbocycles. The van der Waals surface area contributed by atoms with Gasteiger partial charge in [-0.1, -0.05) is 24.8 Å². The monoisotopic (exact) mass is 278 g/mol. The third-order valence-corrected chi connectivity index (χ3v) is 2.43. The molecule has 1 aromatic rings. The predicted octanol–water partition coefficient (Wildman–Crippen LogP) is 2.67. The first-order valence-electron chi connectivity index (χ1n) is 6.42. The van der Waals surface area contributed by atoms with E-state index < -0.39 is 11.9 Å². The van der Waals surface area contributed by atoms with E-state index in [0.29, 0.717) is 25.2 Å². The molecule has 0 aliphatic carbocycles. The number of hydrogen-bond acceptors (Lipinski definition) is 5. The van der Waals surface area contributed by atoms with Crippen LogP contribution < -0.4 is 0 Å². The normalized spacial score (nSPS) is 9.80. The number of benzene rings is 1. The average Bonchev–Trinajstić information content (AvgIpc) is 2.50. The second kappa shape index (κ2) is 9.75. The summed E-state index contributed by atoms with van der Waals surface area (Å²) in [5.74, 6) is -0.927. The average molecular weight is 278 g/mol. The Morgan fingerprint density at radius 1 is 1.05 bits per heavy atom. The van der Waals surface area contributed by atoms with Crippen molar-refractivity contribution < 1.29 is 24.1 Å². The van der Waals surface area contributed by atoms with Gasteiger partial charge < -0.3 is 4.74 Å². The highest BCUT2D eigenvalue weighted by Crippen LogP contribution is 2.02. The molecule has 5 nitrogen and oxygen atoms in total. The van der Waals surface area contributed by atoms with Crippen molar-refractivity contribution in [2.75, 3.05) is 13.2 Å². The summed E-state index contributed by atoms with van der Waals surface area (Å²) in [7, 11) is 0. The Hall–Kier alpha value is -2.14. The van der Waals surface area contributed by atoms with Crippen molar-refractivity contribution in [1.29, 1.82) is 0 Å². The summed E-state index contributed by atoms with van der Waals surface area (Å²) < 4.78 is 4.81. The van der Waals surface area contributed by atoms with Gasteiger partial charge in [0.15, 0.2) is 0 Å². The van der Waals surface area contributed by atoms with Crippen molar-refractivity contribution in [2.24, 2.45) is 0 Å². The van der Waals surface area contributed by atoms with E-state index in [9.17, 15) is 9.59 Å². The maximum absolute atomic E-state index is 11.5. The largest absolute Gasteiger partial charge is 0.463 e. The van der Waals surface area contributed by atoms with Crippen LogP contribution in [0.4, 0.5) is 0 Å². The van der Waals surface area contributed by atoms with Crippen LogP contribution in [0.5, 0.6) is 0 Å². The van der Waals surface area contributed by atoms with Gasteiger partial charge in [-0.3, -0.25) is 4.89 Å². The van der Waals surface area contributed by atoms with E-state index in [0.717, 1.165) is 18.9 Å². The van der Waals surface area contributed by atoms with Gasteiger partial charge in [-0.15, -0.1) is 0 Å². The lowest BCUT2D eigenvalue weighted by atomic mass is 10.2. The molecule has 0 amide bonds. The summed E-state index contributed by atoms with van der Waals surface area (Å²) >= 11 is 0. The molecule has 0 saturated heterocycles. The molecular formula is C15H18O5. The van der Waals surface area contributed by atoms with E-state index in [1.54, 1.807) is 24.3 Å². The summed E-state index contributed by atoms with van der Waals surface area (Å²) in [6, 6.07) is 8.62. The van der Waals surface area contributed by atoms with Crippen LogP contribution in [0, 0.1) is 0 Å². The number of esters is 1. The van der Waals surface area contributed by atoms with E-state index in [1.165, 1.54) is 0 Å². The van der Waals surface area contributed by atoms with E-state index in [2.05, 4.69) is 11.5 Å². The van der Waals surface area contributed by atoms with Crippen LogP contribution in [-0.4, -0.2) is 25.2 Å². The van der Waals surface area contributed by atoms with Gasteiger partial charge in [0.05, 0.1) is 18.8 Å². The van der Waals surface area contributed by atoms with E-state index in [1.807, 2.05) is 6.07 Å². The van der Waals surface area contributed by atoms with E-state index in [4.69, 9.17) is 9.62 Å². The summed E-state index contributed by atoms with van der Waals surface area (Å²) in [5, 5.41) is 0. The first-order valence-corrected chi connectivity index (χ1v) is 6.42. The van der Waals surface area contributed by atoms with Crippen LogP contribution >= 0.6 is 0 Å². The summed E-state index contributed by atoms with van der Waals surface area (Å²) in [6.07, 6.45) is 3.39. The molecule has 108 valence electrons. The van der Waals surface area contributed by atoms with Crippen molar-refractivity contribution in [1.82, 2.24) is 0 Å². The Morgan fingerprint density at radius 3 is 2.45 bits per heavy atom. The molecular weight excluding hydrogens is 260 g/mol. The lowest BCUT2D eigenvalue weighted by Gasteiger charge is -2.04. The summed E-state index contributed by atoms with van der Waals surface area (Å²) in [6.45, 7) is 3.97. The van der Waals surface area contributed by atoms with E-state index >= 15 is 0 Å². The molecule has 0 aliphatic heterocycles. The maximum Gasteiger partial charge on any atom is 0.373 e. The zero-order valence-corrected chi connectivity index (χ0v) is 11.2. The van der Waals surface area contributed by atoms with Crippen LogP contribution in [0.2, 0.25) is 0 Å². The van der Waals surface area contributed by atoms with Crippen LogP contribution in [0.1, 0.15) is 29.6 Å². The Kier molecular flexibility index (Phi) is 7.76. The highest BCUT2D eigenvalue weighted by atomic mass is 17.2. The van der Waals surface area contributed by atoms with Gasteiger partial charge in [-0.2, -0.15) is 4.89 Å². The van der Waals surface area contributed by atoms with Gasteiger partial charge in [0.25, 0.3) is 0 Å². The molecule has 0 unspecified atom stereocenters. The maximum atomic E-state index is 11.5. The summed E-state index contributed by atoms with van der Waals surface area (Å²) in [5.41, 5.74) is 0.448. The first kappa shape index (κ1) is 15.9. The van der Waals surface area contributed by atoms with Crippen LogP contribution in [0.3, 0.4) is 0 Å². The molecule has 0 spiro atoms. The fourth-order valence-electron chi connectivity index (χ4n) is 1.39. The first-order chi connectivity index (χ1) is 9.74. The van der Waals surface area contributed by atoms with Crippen molar-refractivity contribution in [2.45, 2.75) is 19.3 Å². The number of hydrogen-bond donors (Lipinski definition) is 0. The van der Waals surface area contributed by atoms with Gasteiger partial charge in [0.1, 0.15) is 0 Å². The van der Waals surface area contributed by atoms with E-state index in [-0.39, 0.29) is 0 Å². The minimum atomic E-state index is -0.509. The highest BCUT2D eigenvalue weighted by Gasteiger charge is 2.06. The van der Waals surface area contributed by atoms with Gasteiger partial charge in [-0.25, -0.2) is 9.59 Å². The lowest BCUT2D eigenvalue weighted by Crippen LogP contribution is -2.07. The molecule has 0 bridgehead atoms. The Bertz CT molecular complexity index is 427. The molecule has 0 aliphatic rings. The van der Waals surface area contributed by atoms with Gasteiger partial charge in [0.2, 0.25) is 0 Å². The number of carbonyl (C=O) groups is 2. The molecule has 20 heavy (non-hydrogen) atoms. The van der Waals surface area contributed by atoms with Gasteiger partial charge >= 0.3 is 11.9 Å². The smallest absolute Gasteiger partial charge is 0.373 e. The van der Waals surface area contributed by atoms with Crippen LogP contribution in [-0.2, 0) is 19.3 Å². The number of ether oxygens (including phenoxy) is 1. The molecule has 1 aromatic carbocycles. The fourth-order valence-corrected chi connectivity index (χ4v) is 1.39. The van der Waals surface area contributed by atoms with Gasteiger partial charge in [-0.05, 0) is 31.4 Å². The van der Waals surface area contributed by atoms with Crippen molar-refractivity contribution >= 4 is 11.9 Å². The molecule has 0 radical (unpaired) electrons. The second-order valence-electron chi connectivity index (χ2n) is 3.99. The minimum Gasteiger partial charge on any atom is -0.463 e. The zero-order chi connectivity index (χ0) is 14.6. The Balaban J connectivity index is 1.98. The summed E-state index contributed by atoms with van der Waals surface area (Å²) in [4.78, 5) is 31.7. The molecule has 0 aromatic heterocycles. The van der Waals surface area contributed by atoms with Gasteiger partial charge in [0, 0.05) is 6.08 Å². The predicted molar refractivity (Wildman–Crippen MR) is 72.8 cm³/mol.